The Morgan fingerprint density at radius 2 is 1.09 bits per heavy atom. The largest absolute Gasteiger partial charge is 0.476 e. The van der Waals surface area contributed by atoms with Gasteiger partial charge in [-0.2, -0.15) is 36.3 Å². The van der Waals surface area contributed by atoms with Crippen molar-refractivity contribution in [3.63, 3.8) is 0 Å². The number of ether oxygens (including phenoxy) is 4. The lowest BCUT2D eigenvalue weighted by Crippen LogP contribution is -2.26. The lowest BCUT2D eigenvalue weighted by molar-refractivity contribution is -0.140. The molecule has 0 amide bonds. The van der Waals surface area contributed by atoms with E-state index in [0.29, 0.717) is 0 Å². The summed E-state index contributed by atoms with van der Waals surface area (Å²) >= 11 is 0. The summed E-state index contributed by atoms with van der Waals surface area (Å²) < 4.78 is 93.7. The van der Waals surface area contributed by atoms with Gasteiger partial charge in [0.05, 0.1) is 51.2 Å². The maximum absolute atomic E-state index is 12.2. The number of hydrogen-bond donors (Lipinski definition) is 4. The molecule has 0 aliphatic rings. The summed E-state index contributed by atoms with van der Waals surface area (Å²) in [4.78, 5) is 45.3. The third kappa shape index (κ3) is 17.6. The smallest absolute Gasteiger partial charge is 0.408 e. The molecule has 2 aromatic rings. The third-order valence-electron chi connectivity index (χ3n) is 4.52. The highest BCUT2D eigenvalue weighted by Crippen LogP contribution is 2.16. The number of carbonyl (C=O) groups excluding carboxylic acids is 2. The Bertz CT molecular complexity index is 1270. The standard InChI is InChI=1S/C24H28F6N10O6/c25-23(26,27)13-35-21(31)39-15-9-33-11-17(37-15)43-5-1-7-45-19(41)3-4-20(42)46-8-2-6-44-18-12-34-10-16(38-18)40-22(32)36-14-24(28,29)30/h3-4,9-12H,1-2,5-8,13-14H2,(H3,31,35,37,39)(H3,32,36,38,40)/b4-3-. The van der Waals surface area contributed by atoms with Crippen LogP contribution in [0.25, 0.3) is 0 Å². The number of guanidine groups is 2. The molecular formula is C24H28F6N10O6. The fourth-order valence-electron chi connectivity index (χ4n) is 2.70. The van der Waals surface area contributed by atoms with E-state index in [4.69, 9.17) is 30.4 Å². The molecule has 46 heavy (non-hydrogen) atoms. The monoisotopic (exact) mass is 666 g/mol. The second-order valence-corrected chi connectivity index (χ2v) is 8.44. The van der Waals surface area contributed by atoms with Crippen LogP contribution in [0.1, 0.15) is 12.8 Å². The van der Waals surface area contributed by atoms with Crippen molar-refractivity contribution >= 4 is 35.5 Å². The van der Waals surface area contributed by atoms with E-state index in [1.54, 1.807) is 0 Å². The number of nitrogens with two attached hydrogens (primary N) is 2. The fourth-order valence-corrected chi connectivity index (χ4v) is 2.70. The molecule has 0 unspecified atom stereocenters. The van der Waals surface area contributed by atoms with Gasteiger partial charge in [-0.1, -0.05) is 0 Å². The average Bonchev–Trinajstić information content (AvgIpc) is 2.97. The number of esters is 2. The number of aliphatic imine (C=N–C) groups is 2. The van der Waals surface area contributed by atoms with Gasteiger partial charge in [-0.3, -0.25) is 9.97 Å². The zero-order valence-electron chi connectivity index (χ0n) is 23.7. The molecule has 252 valence electrons. The second-order valence-electron chi connectivity index (χ2n) is 8.44. The van der Waals surface area contributed by atoms with Gasteiger partial charge in [0.1, 0.15) is 13.1 Å². The van der Waals surface area contributed by atoms with Crippen LogP contribution in [0, 0.1) is 0 Å². The molecule has 0 saturated carbocycles. The lowest BCUT2D eigenvalue weighted by atomic mass is 10.4. The van der Waals surface area contributed by atoms with Crippen molar-refractivity contribution in [2.24, 2.45) is 21.5 Å². The van der Waals surface area contributed by atoms with E-state index in [1.807, 2.05) is 0 Å². The van der Waals surface area contributed by atoms with E-state index in [1.165, 1.54) is 24.8 Å². The summed E-state index contributed by atoms with van der Waals surface area (Å²) in [5, 5.41) is 4.70. The predicted octanol–water partition coefficient (Wildman–Crippen LogP) is 1.72. The molecule has 16 nitrogen and oxygen atoms in total. The number of alkyl halides is 6. The van der Waals surface area contributed by atoms with Crippen molar-refractivity contribution in [2.75, 3.05) is 50.2 Å². The van der Waals surface area contributed by atoms with Crippen molar-refractivity contribution in [3.05, 3.63) is 36.9 Å². The molecule has 0 aliphatic carbocycles. The van der Waals surface area contributed by atoms with Crippen molar-refractivity contribution in [1.82, 2.24) is 19.9 Å². The van der Waals surface area contributed by atoms with Gasteiger partial charge in [-0.05, 0) is 0 Å². The van der Waals surface area contributed by atoms with Gasteiger partial charge >= 0.3 is 24.3 Å². The van der Waals surface area contributed by atoms with Gasteiger partial charge in [-0.15, -0.1) is 0 Å². The van der Waals surface area contributed by atoms with Gasteiger partial charge in [0.15, 0.2) is 23.6 Å². The number of anilines is 2. The zero-order chi connectivity index (χ0) is 34.0. The Balaban J connectivity index is 1.59. The van der Waals surface area contributed by atoms with E-state index in [-0.39, 0.29) is 62.7 Å². The van der Waals surface area contributed by atoms with Crippen LogP contribution in [0.15, 0.2) is 46.9 Å². The summed E-state index contributed by atoms with van der Waals surface area (Å²) in [6, 6.07) is 0. The summed E-state index contributed by atoms with van der Waals surface area (Å²) in [6.45, 7) is -3.02. The van der Waals surface area contributed by atoms with Crippen LogP contribution >= 0.6 is 0 Å². The Kier molecular flexibility index (Phi) is 14.7. The minimum atomic E-state index is -4.51. The summed E-state index contributed by atoms with van der Waals surface area (Å²) in [5.41, 5.74) is 10.7. The number of nitrogens with zero attached hydrogens (tertiary/aromatic N) is 6. The number of carbonyl (C=O) groups is 2. The van der Waals surface area contributed by atoms with Crippen molar-refractivity contribution in [3.8, 4) is 11.8 Å². The molecule has 0 aromatic carbocycles. The SMILES string of the molecule is NC(=NCC(F)(F)F)Nc1cncc(OCCCOC(=O)/C=C\C(=O)OCCCOc2cncc(NC(N)=NCC(F)(F)F)n2)n1. The van der Waals surface area contributed by atoms with Crippen LogP contribution in [0.4, 0.5) is 38.0 Å². The highest BCUT2D eigenvalue weighted by atomic mass is 19.4. The van der Waals surface area contributed by atoms with E-state index >= 15 is 0 Å². The summed E-state index contributed by atoms with van der Waals surface area (Å²) in [5.74, 6) is -2.65. The highest BCUT2D eigenvalue weighted by molar-refractivity contribution is 5.92. The molecule has 22 heteroatoms. The first kappa shape index (κ1) is 36.8. The number of aromatic nitrogens is 4. The zero-order valence-corrected chi connectivity index (χ0v) is 23.7. The average molecular weight is 667 g/mol. The molecule has 0 atom stereocenters. The van der Waals surface area contributed by atoms with Gasteiger partial charge in [0, 0.05) is 25.0 Å². The van der Waals surface area contributed by atoms with E-state index in [0.717, 1.165) is 12.2 Å². The quantitative estimate of drug-likeness (QED) is 0.0500. The first-order valence-electron chi connectivity index (χ1n) is 12.9. The number of halogens is 6. The maximum atomic E-state index is 12.2. The Labute approximate surface area is 256 Å². The Morgan fingerprint density at radius 1 is 0.696 bits per heavy atom. The van der Waals surface area contributed by atoms with Gasteiger partial charge in [-0.25, -0.2) is 19.6 Å². The van der Waals surface area contributed by atoms with Crippen LogP contribution < -0.4 is 31.6 Å². The lowest BCUT2D eigenvalue weighted by Gasteiger charge is -2.09. The highest BCUT2D eigenvalue weighted by Gasteiger charge is 2.27. The van der Waals surface area contributed by atoms with Crippen LogP contribution in [0.3, 0.4) is 0 Å². The van der Waals surface area contributed by atoms with Gasteiger partial charge in [0.25, 0.3) is 0 Å². The van der Waals surface area contributed by atoms with E-state index < -0.39 is 49.3 Å². The number of nitrogens with one attached hydrogen (secondary N) is 2. The predicted molar refractivity (Wildman–Crippen MR) is 148 cm³/mol. The normalized spacial score (nSPS) is 12.5. The molecular weight excluding hydrogens is 638 g/mol. The van der Waals surface area contributed by atoms with E-state index in [9.17, 15) is 35.9 Å². The van der Waals surface area contributed by atoms with Crippen LogP contribution in [-0.4, -0.2) is 95.7 Å². The van der Waals surface area contributed by atoms with E-state index in [2.05, 4.69) is 40.6 Å². The Morgan fingerprint density at radius 3 is 1.46 bits per heavy atom. The second kappa shape index (κ2) is 18.4. The molecule has 2 rings (SSSR count). The first-order valence-corrected chi connectivity index (χ1v) is 12.9. The van der Waals surface area contributed by atoms with Crippen molar-refractivity contribution in [1.29, 1.82) is 0 Å². The molecule has 6 N–H and O–H groups in total. The molecule has 0 bridgehead atoms. The Hall–Kier alpha value is -5.44. The molecule has 0 saturated heterocycles. The van der Waals surface area contributed by atoms with Crippen LogP contribution in [0.5, 0.6) is 11.8 Å². The molecule has 0 radical (unpaired) electrons. The molecule has 2 aromatic heterocycles. The first-order chi connectivity index (χ1) is 21.7. The number of hydrogen-bond acceptors (Lipinski definition) is 12. The molecule has 0 spiro atoms. The maximum Gasteiger partial charge on any atom is 0.408 e. The topological polar surface area (TPSA) is 223 Å². The molecule has 2 heterocycles. The van der Waals surface area contributed by atoms with Crippen molar-refractivity contribution in [2.45, 2.75) is 25.2 Å². The molecule has 0 aliphatic heterocycles. The minimum absolute atomic E-state index is 0.00513. The van der Waals surface area contributed by atoms with Gasteiger partial charge < -0.3 is 41.0 Å². The van der Waals surface area contributed by atoms with Crippen LogP contribution in [0.2, 0.25) is 0 Å². The summed E-state index contributed by atoms with van der Waals surface area (Å²) in [6.07, 6.45) is -1.99. The minimum Gasteiger partial charge on any atom is -0.476 e. The summed E-state index contributed by atoms with van der Waals surface area (Å²) in [7, 11) is 0. The van der Waals surface area contributed by atoms with Crippen molar-refractivity contribution < 1.29 is 54.9 Å². The fraction of sp³-hybridized carbons (Fsp3) is 0.417. The third-order valence-corrected chi connectivity index (χ3v) is 4.52. The van der Waals surface area contributed by atoms with Crippen LogP contribution in [-0.2, 0) is 19.1 Å². The van der Waals surface area contributed by atoms with Gasteiger partial charge in [0.2, 0.25) is 11.8 Å². The number of rotatable bonds is 16. The molecule has 0 fully saturated rings.